The summed E-state index contributed by atoms with van der Waals surface area (Å²) in [6.45, 7) is 0. The zero-order valence-corrected chi connectivity index (χ0v) is 28.3. The van der Waals surface area contributed by atoms with Gasteiger partial charge in [0, 0.05) is 49.9 Å². The van der Waals surface area contributed by atoms with Crippen LogP contribution in [0.4, 0.5) is 0 Å². The van der Waals surface area contributed by atoms with Gasteiger partial charge in [-0.1, -0.05) is 121 Å². The Morgan fingerprint density at radius 2 is 0.887 bits per heavy atom. The molecule has 11 rings (SSSR count). The maximum Gasteiger partial charge on any atom is 0.167 e. The zero-order chi connectivity index (χ0) is 34.9. The topological polar surface area (TPSA) is 69.9 Å². The van der Waals surface area contributed by atoms with Gasteiger partial charge in [-0.05, 0) is 48.0 Å². The fraction of sp³-hybridized carbons (Fsp3) is 0. The first kappa shape index (κ1) is 29.4. The summed E-state index contributed by atoms with van der Waals surface area (Å²) in [5.74, 6) is 1.59. The third-order valence-electron chi connectivity index (χ3n) is 10.1. The fourth-order valence-corrected chi connectivity index (χ4v) is 7.63. The molecule has 0 amide bonds. The van der Waals surface area contributed by atoms with Gasteiger partial charge in [-0.15, -0.1) is 0 Å². The SMILES string of the molecule is c1ccc(-c2cn(-c3cccc(-c4nc(-c5cccc6c5oc5ccccc56)nc(-c5cccc6c5oc5ccccc56)n4)c3)c3ccccc23)cc1. The number of hydrogen-bond donors (Lipinski definition) is 0. The van der Waals surface area contributed by atoms with Gasteiger partial charge >= 0.3 is 0 Å². The highest BCUT2D eigenvalue weighted by Gasteiger charge is 2.21. The van der Waals surface area contributed by atoms with Gasteiger partial charge in [-0.3, -0.25) is 0 Å². The number of hydrogen-bond acceptors (Lipinski definition) is 5. The summed E-state index contributed by atoms with van der Waals surface area (Å²) in [4.78, 5) is 15.5. The lowest BCUT2D eigenvalue weighted by Crippen LogP contribution is -2.01. The van der Waals surface area contributed by atoms with Crippen molar-refractivity contribution in [2.24, 2.45) is 0 Å². The highest BCUT2D eigenvalue weighted by Crippen LogP contribution is 2.39. The molecule has 0 atom stereocenters. The van der Waals surface area contributed by atoms with Crippen LogP contribution < -0.4 is 0 Å². The molecule has 11 aromatic rings. The van der Waals surface area contributed by atoms with Gasteiger partial charge in [-0.25, -0.2) is 15.0 Å². The minimum absolute atomic E-state index is 0.519. The van der Waals surface area contributed by atoms with E-state index in [-0.39, 0.29) is 0 Å². The van der Waals surface area contributed by atoms with Crippen LogP contribution in [0.15, 0.2) is 179 Å². The lowest BCUT2D eigenvalue weighted by atomic mass is 10.1. The van der Waals surface area contributed by atoms with Gasteiger partial charge < -0.3 is 13.4 Å². The van der Waals surface area contributed by atoms with Gasteiger partial charge in [0.25, 0.3) is 0 Å². The summed E-state index contributed by atoms with van der Waals surface area (Å²) in [5, 5.41) is 5.31. The Labute approximate surface area is 303 Å². The van der Waals surface area contributed by atoms with Crippen LogP contribution in [-0.2, 0) is 0 Å². The lowest BCUT2D eigenvalue weighted by Gasteiger charge is -2.11. The van der Waals surface area contributed by atoms with Crippen LogP contribution in [0.2, 0.25) is 0 Å². The van der Waals surface area contributed by atoms with E-state index in [9.17, 15) is 0 Å². The summed E-state index contributed by atoms with van der Waals surface area (Å²) in [7, 11) is 0. The molecule has 0 aliphatic rings. The van der Waals surface area contributed by atoms with Crippen molar-refractivity contribution in [3.8, 4) is 51.0 Å². The summed E-state index contributed by atoms with van der Waals surface area (Å²) in [6.07, 6.45) is 2.22. The van der Waals surface area contributed by atoms with E-state index in [1.807, 2.05) is 66.7 Å². The second-order valence-corrected chi connectivity index (χ2v) is 13.2. The van der Waals surface area contributed by atoms with E-state index in [1.54, 1.807) is 0 Å². The molecule has 0 fully saturated rings. The van der Waals surface area contributed by atoms with Gasteiger partial charge in [0.1, 0.15) is 22.3 Å². The van der Waals surface area contributed by atoms with Crippen molar-refractivity contribution < 1.29 is 8.83 Å². The molecule has 0 spiro atoms. The number of benzene rings is 7. The highest BCUT2D eigenvalue weighted by molar-refractivity contribution is 6.10. The van der Waals surface area contributed by atoms with E-state index in [0.29, 0.717) is 17.5 Å². The molecule has 4 heterocycles. The molecule has 0 unspecified atom stereocenters. The van der Waals surface area contributed by atoms with Crippen molar-refractivity contribution in [2.75, 3.05) is 0 Å². The fourth-order valence-electron chi connectivity index (χ4n) is 7.63. The number of nitrogens with zero attached hydrogens (tertiary/aromatic N) is 4. The molecule has 6 heteroatoms. The predicted molar refractivity (Wildman–Crippen MR) is 213 cm³/mol. The smallest absolute Gasteiger partial charge is 0.167 e. The molecule has 6 nitrogen and oxygen atoms in total. The lowest BCUT2D eigenvalue weighted by molar-refractivity contribution is 0.669. The number of fused-ring (bicyclic) bond motifs is 7. The molecule has 0 aliphatic heterocycles. The number of rotatable bonds is 5. The molecule has 0 saturated heterocycles. The van der Waals surface area contributed by atoms with Crippen LogP contribution in [0.25, 0.3) is 106 Å². The Morgan fingerprint density at radius 3 is 1.55 bits per heavy atom. The minimum atomic E-state index is 0.519. The normalized spacial score (nSPS) is 11.8. The predicted octanol–water partition coefficient (Wildman–Crippen LogP) is 12.3. The number of aromatic nitrogens is 4. The Kier molecular flexibility index (Phi) is 6.45. The van der Waals surface area contributed by atoms with E-state index < -0.39 is 0 Å². The molecular formula is C47H28N4O2. The Hall–Kier alpha value is -7.31. The van der Waals surface area contributed by atoms with Gasteiger partial charge in [0.2, 0.25) is 0 Å². The van der Waals surface area contributed by atoms with E-state index in [0.717, 1.165) is 71.8 Å². The molecule has 0 radical (unpaired) electrons. The summed E-state index contributed by atoms with van der Waals surface area (Å²) in [5.41, 5.74) is 10.0. The van der Waals surface area contributed by atoms with Gasteiger partial charge in [0.05, 0.1) is 16.6 Å². The molecule has 4 aromatic heterocycles. The first-order valence-corrected chi connectivity index (χ1v) is 17.6. The zero-order valence-electron chi connectivity index (χ0n) is 28.3. The summed E-state index contributed by atoms with van der Waals surface area (Å²) >= 11 is 0. The van der Waals surface area contributed by atoms with E-state index in [2.05, 4.69) is 108 Å². The first-order chi connectivity index (χ1) is 26.3. The monoisotopic (exact) mass is 680 g/mol. The average Bonchev–Trinajstić information content (AvgIpc) is 3.93. The van der Waals surface area contributed by atoms with Crippen molar-refractivity contribution in [1.82, 2.24) is 19.5 Å². The maximum absolute atomic E-state index is 6.47. The largest absolute Gasteiger partial charge is 0.455 e. The van der Waals surface area contributed by atoms with Crippen molar-refractivity contribution >= 4 is 54.8 Å². The van der Waals surface area contributed by atoms with Crippen LogP contribution in [0.5, 0.6) is 0 Å². The van der Waals surface area contributed by atoms with Crippen molar-refractivity contribution in [1.29, 1.82) is 0 Å². The number of para-hydroxylation sites is 5. The van der Waals surface area contributed by atoms with Gasteiger partial charge in [0.15, 0.2) is 17.5 Å². The van der Waals surface area contributed by atoms with Crippen LogP contribution in [0.3, 0.4) is 0 Å². The number of furan rings is 2. The third kappa shape index (κ3) is 4.70. The first-order valence-electron chi connectivity index (χ1n) is 17.6. The summed E-state index contributed by atoms with van der Waals surface area (Å²) < 4.78 is 15.2. The molecule has 248 valence electrons. The highest BCUT2D eigenvalue weighted by atomic mass is 16.3. The van der Waals surface area contributed by atoms with Crippen molar-refractivity contribution in [3.63, 3.8) is 0 Å². The molecule has 0 aliphatic carbocycles. The average molecular weight is 681 g/mol. The summed E-state index contributed by atoms with van der Waals surface area (Å²) in [6, 6.07) is 55.9. The third-order valence-corrected chi connectivity index (χ3v) is 10.1. The van der Waals surface area contributed by atoms with E-state index in [4.69, 9.17) is 23.8 Å². The van der Waals surface area contributed by atoms with Crippen LogP contribution in [-0.4, -0.2) is 19.5 Å². The molecule has 0 saturated carbocycles. The van der Waals surface area contributed by atoms with Crippen LogP contribution >= 0.6 is 0 Å². The molecule has 0 N–H and O–H groups in total. The van der Waals surface area contributed by atoms with Crippen molar-refractivity contribution in [2.45, 2.75) is 0 Å². The van der Waals surface area contributed by atoms with Gasteiger partial charge in [-0.2, -0.15) is 0 Å². The molecular weight excluding hydrogens is 653 g/mol. The maximum atomic E-state index is 6.47. The second kappa shape index (κ2) is 11.6. The standard InChI is InChI=1S/C47H28N4O2/c1-2-13-29(14-3-1)39-28-51(40-24-7-4-17-32(39)40)31-16-10-15-30(27-31)45-48-46(37-22-11-20-35-33-18-5-8-25-41(33)52-43(35)37)50-47(49-45)38-23-12-21-36-34-19-6-9-26-42(34)53-44(36)38/h1-28H. The molecule has 0 bridgehead atoms. The Bertz CT molecular complexity index is 3060. The minimum Gasteiger partial charge on any atom is -0.455 e. The molecule has 7 aromatic carbocycles. The Balaban J connectivity index is 1.14. The molecule has 53 heavy (non-hydrogen) atoms. The van der Waals surface area contributed by atoms with E-state index >= 15 is 0 Å². The van der Waals surface area contributed by atoms with E-state index in [1.165, 1.54) is 16.5 Å². The Morgan fingerprint density at radius 1 is 0.377 bits per heavy atom. The second-order valence-electron chi connectivity index (χ2n) is 13.2. The van der Waals surface area contributed by atoms with Crippen LogP contribution in [0.1, 0.15) is 0 Å². The quantitative estimate of drug-likeness (QED) is 0.181. The van der Waals surface area contributed by atoms with Crippen LogP contribution in [0, 0.1) is 0 Å². The van der Waals surface area contributed by atoms with Crippen molar-refractivity contribution in [3.05, 3.63) is 170 Å².